The largest absolute Gasteiger partial charge is 0.348 e. The van der Waals surface area contributed by atoms with E-state index in [9.17, 15) is 0 Å². The highest BCUT2D eigenvalue weighted by molar-refractivity contribution is 7.98. The smallest absolute Gasteiger partial charge is 0.0925 e. The Balaban J connectivity index is 2.20. The molecule has 0 aromatic carbocycles. The molecule has 12 heavy (non-hydrogen) atoms. The standard InChI is InChI=1S/C8H15N3S/c1-7-8(11-6-10-7)5-9-3-4-12-2/h6,9H,3-5H2,1-2H3,(H,10,11). The number of H-pyrrole nitrogens is 1. The summed E-state index contributed by atoms with van der Waals surface area (Å²) in [5, 5.41) is 3.33. The van der Waals surface area contributed by atoms with Crippen LogP contribution in [0.4, 0.5) is 0 Å². The van der Waals surface area contributed by atoms with Crippen molar-refractivity contribution < 1.29 is 0 Å². The molecule has 0 unspecified atom stereocenters. The van der Waals surface area contributed by atoms with E-state index >= 15 is 0 Å². The third kappa shape index (κ3) is 2.87. The number of aromatic nitrogens is 2. The van der Waals surface area contributed by atoms with Crippen LogP contribution < -0.4 is 5.32 Å². The van der Waals surface area contributed by atoms with E-state index in [4.69, 9.17) is 0 Å². The van der Waals surface area contributed by atoms with Crippen LogP contribution in [-0.2, 0) is 6.54 Å². The van der Waals surface area contributed by atoms with Gasteiger partial charge in [-0.15, -0.1) is 0 Å². The molecule has 0 aliphatic heterocycles. The van der Waals surface area contributed by atoms with Crippen molar-refractivity contribution in [3.8, 4) is 0 Å². The second-order valence-electron chi connectivity index (χ2n) is 2.64. The number of aromatic amines is 1. The minimum atomic E-state index is 0.871. The van der Waals surface area contributed by atoms with Gasteiger partial charge in [-0.2, -0.15) is 11.8 Å². The van der Waals surface area contributed by atoms with E-state index in [1.165, 1.54) is 0 Å². The van der Waals surface area contributed by atoms with Crippen LogP contribution in [0.15, 0.2) is 6.33 Å². The first-order valence-electron chi connectivity index (χ1n) is 4.03. The van der Waals surface area contributed by atoms with Gasteiger partial charge in [-0.05, 0) is 13.2 Å². The Kier molecular flexibility index (Phi) is 4.18. The maximum absolute atomic E-state index is 4.19. The normalized spacial score (nSPS) is 10.5. The Labute approximate surface area is 77.4 Å². The monoisotopic (exact) mass is 185 g/mol. The van der Waals surface area contributed by atoms with Crippen molar-refractivity contribution in [3.63, 3.8) is 0 Å². The predicted octanol–water partition coefficient (Wildman–Crippen LogP) is 1.17. The fraction of sp³-hybridized carbons (Fsp3) is 0.625. The topological polar surface area (TPSA) is 40.7 Å². The van der Waals surface area contributed by atoms with Crippen LogP contribution in [0.3, 0.4) is 0 Å². The van der Waals surface area contributed by atoms with Gasteiger partial charge in [-0.3, -0.25) is 0 Å². The van der Waals surface area contributed by atoms with Crippen molar-refractivity contribution in [2.45, 2.75) is 13.5 Å². The lowest BCUT2D eigenvalue weighted by Gasteiger charge is -2.00. The quantitative estimate of drug-likeness (QED) is 0.677. The molecule has 0 radical (unpaired) electrons. The van der Waals surface area contributed by atoms with E-state index < -0.39 is 0 Å². The van der Waals surface area contributed by atoms with Crippen molar-refractivity contribution in [1.82, 2.24) is 15.3 Å². The molecule has 0 fully saturated rings. The molecule has 0 aliphatic carbocycles. The number of thioether (sulfide) groups is 1. The average molecular weight is 185 g/mol. The maximum atomic E-state index is 4.19. The van der Waals surface area contributed by atoms with Crippen LogP contribution >= 0.6 is 11.8 Å². The summed E-state index contributed by atoms with van der Waals surface area (Å²) in [6, 6.07) is 0. The van der Waals surface area contributed by atoms with E-state index in [1.807, 2.05) is 18.7 Å². The number of nitrogens with zero attached hydrogens (tertiary/aromatic N) is 1. The minimum Gasteiger partial charge on any atom is -0.348 e. The Morgan fingerprint density at radius 1 is 1.67 bits per heavy atom. The SMILES string of the molecule is CSCCNCc1nc[nH]c1C. The molecule has 0 amide bonds. The Morgan fingerprint density at radius 3 is 3.08 bits per heavy atom. The van der Waals surface area contributed by atoms with Crippen LogP contribution in [0.25, 0.3) is 0 Å². The second kappa shape index (κ2) is 5.22. The number of nitrogens with one attached hydrogen (secondary N) is 2. The van der Waals surface area contributed by atoms with Crippen molar-refractivity contribution in [1.29, 1.82) is 0 Å². The van der Waals surface area contributed by atoms with E-state index in [0.717, 1.165) is 30.2 Å². The molecule has 0 bridgehead atoms. The third-order valence-electron chi connectivity index (χ3n) is 1.71. The number of rotatable bonds is 5. The molecule has 1 aromatic rings. The van der Waals surface area contributed by atoms with E-state index in [1.54, 1.807) is 6.33 Å². The highest BCUT2D eigenvalue weighted by atomic mass is 32.2. The first kappa shape index (κ1) is 9.61. The van der Waals surface area contributed by atoms with Gasteiger partial charge in [0.1, 0.15) is 0 Å². The van der Waals surface area contributed by atoms with Crippen LogP contribution in [0.5, 0.6) is 0 Å². The van der Waals surface area contributed by atoms with Crippen LogP contribution in [0, 0.1) is 6.92 Å². The molecule has 0 atom stereocenters. The fourth-order valence-corrected chi connectivity index (χ4v) is 1.29. The van der Waals surface area contributed by atoms with Crippen molar-refractivity contribution in [2.75, 3.05) is 18.6 Å². The van der Waals surface area contributed by atoms with Gasteiger partial charge in [0, 0.05) is 24.5 Å². The van der Waals surface area contributed by atoms with Gasteiger partial charge in [0.15, 0.2) is 0 Å². The molecule has 0 saturated carbocycles. The Hall–Kier alpha value is -0.480. The van der Waals surface area contributed by atoms with Crippen molar-refractivity contribution in [2.24, 2.45) is 0 Å². The van der Waals surface area contributed by atoms with Gasteiger partial charge in [0.25, 0.3) is 0 Å². The van der Waals surface area contributed by atoms with E-state index in [0.29, 0.717) is 0 Å². The molecule has 4 heteroatoms. The van der Waals surface area contributed by atoms with Gasteiger partial charge in [-0.25, -0.2) is 4.98 Å². The predicted molar refractivity (Wildman–Crippen MR) is 53.4 cm³/mol. The van der Waals surface area contributed by atoms with Gasteiger partial charge in [0.2, 0.25) is 0 Å². The number of aryl methyl sites for hydroxylation is 1. The van der Waals surface area contributed by atoms with Crippen molar-refractivity contribution in [3.05, 3.63) is 17.7 Å². The van der Waals surface area contributed by atoms with Crippen LogP contribution in [-0.4, -0.2) is 28.5 Å². The Bertz CT molecular complexity index is 222. The maximum Gasteiger partial charge on any atom is 0.0925 e. The zero-order valence-corrected chi connectivity index (χ0v) is 8.37. The summed E-state index contributed by atoms with van der Waals surface area (Å²) in [6.07, 6.45) is 3.85. The van der Waals surface area contributed by atoms with Gasteiger partial charge in [0.05, 0.1) is 12.0 Å². The molecule has 1 rings (SSSR count). The molecule has 2 N–H and O–H groups in total. The summed E-state index contributed by atoms with van der Waals surface area (Å²) in [5.74, 6) is 1.16. The minimum absolute atomic E-state index is 0.871. The molecule has 3 nitrogen and oxygen atoms in total. The third-order valence-corrected chi connectivity index (χ3v) is 2.32. The lowest BCUT2D eigenvalue weighted by atomic mass is 10.3. The van der Waals surface area contributed by atoms with Crippen LogP contribution in [0.2, 0.25) is 0 Å². The first-order chi connectivity index (χ1) is 5.84. The number of hydrogen-bond donors (Lipinski definition) is 2. The summed E-state index contributed by atoms with van der Waals surface area (Å²) in [6.45, 7) is 3.96. The summed E-state index contributed by atoms with van der Waals surface area (Å²) < 4.78 is 0. The summed E-state index contributed by atoms with van der Waals surface area (Å²) >= 11 is 1.85. The molecule has 1 aromatic heterocycles. The highest BCUT2D eigenvalue weighted by Crippen LogP contribution is 1.99. The first-order valence-corrected chi connectivity index (χ1v) is 5.42. The second-order valence-corrected chi connectivity index (χ2v) is 3.63. The lowest BCUT2D eigenvalue weighted by molar-refractivity contribution is 0.715. The zero-order chi connectivity index (χ0) is 8.81. The van der Waals surface area contributed by atoms with Gasteiger partial charge in [-0.1, -0.05) is 0 Å². The summed E-state index contributed by atoms with van der Waals surface area (Å²) in [5.41, 5.74) is 2.28. The number of hydrogen-bond acceptors (Lipinski definition) is 3. The average Bonchev–Trinajstić information content (AvgIpc) is 2.46. The molecule has 0 spiro atoms. The summed E-state index contributed by atoms with van der Waals surface area (Å²) in [7, 11) is 0. The molecule has 68 valence electrons. The molecular weight excluding hydrogens is 170 g/mol. The van der Waals surface area contributed by atoms with E-state index in [-0.39, 0.29) is 0 Å². The molecular formula is C8H15N3S. The van der Waals surface area contributed by atoms with Crippen LogP contribution in [0.1, 0.15) is 11.4 Å². The Morgan fingerprint density at radius 2 is 2.50 bits per heavy atom. The summed E-state index contributed by atoms with van der Waals surface area (Å²) in [4.78, 5) is 7.24. The highest BCUT2D eigenvalue weighted by Gasteiger charge is 1.98. The van der Waals surface area contributed by atoms with Crippen molar-refractivity contribution >= 4 is 11.8 Å². The van der Waals surface area contributed by atoms with E-state index in [2.05, 4.69) is 21.5 Å². The van der Waals surface area contributed by atoms with Gasteiger partial charge >= 0.3 is 0 Å². The van der Waals surface area contributed by atoms with Gasteiger partial charge < -0.3 is 10.3 Å². The molecule has 0 saturated heterocycles. The zero-order valence-electron chi connectivity index (χ0n) is 7.55. The fourth-order valence-electron chi connectivity index (χ4n) is 0.946. The molecule has 1 heterocycles. The molecule has 0 aliphatic rings. The lowest BCUT2D eigenvalue weighted by Crippen LogP contribution is -2.17. The number of imidazole rings is 1.